The minimum atomic E-state index is -0.165. The SMILES string of the molecule is Cc1ccc2cc(C=C3SC(=O)NC3=S)c(Cl)nc2c1. The predicted octanol–water partition coefficient (Wildman–Crippen LogP) is 4.32. The third-order valence-corrected chi connectivity index (χ3v) is 4.47. The summed E-state index contributed by atoms with van der Waals surface area (Å²) in [5.74, 6) is 0. The second-order valence-corrected chi connectivity index (χ2v) is 6.20. The molecule has 1 N–H and O–H groups in total. The number of rotatable bonds is 1. The zero-order valence-electron chi connectivity index (χ0n) is 10.4. The number of benzene rings is 1. The second-order valence-electron chi connectivity index (χ2n) is 4.42. The predicted molar refractivity (Wildman–Crippen MR) is 88.2 cm³/mol. The summed E-state index contributed by atoms with van der Waals surface area (Å²) in [7, 11) is 0. The van der Waals surface area contributed by atoms with Crippen LogP contribution in [0.4, 0.5) is 4.79 Å². The van der Waals surface area contributed by atoms with Crippen LogP contribution in [0.3, 0.4) is 0 Å². The molecule has 0 saturated carbocycles. The summed E-state index contributed by atoms with van der Waals surface area (Å²) >= 11 is 12.4. The molecule has 0 bridgehead atoms. The van der Waals surface area contributed by atoms with Gasteiger partial charge in [-0.05, 0) is 42.5 Å². The molecule has 1 aliphatic rings. The van der Waals surface area contributed by atoms with Gasteiger partial charge in [0.25, 0.3) is 5.24 Å². The topological polar surface area (TPSA) is 42.0 Å². The second kappa shape index (κ2) is 5.16. The maximum absolute atomic E-state index is 11.3. The van der Waals surface area contributed by atoms with Gasteiger partial charge in [-0.2, -0.15) is 0 Å². The number of nitrogens with zero attached hydrogens (tertiary/aromatic N) is 1. The van der Waals surface area contributed by atoms with Gasteiger partial charge in [-0.25, -0.2) is 4.98 Å². The Bertz CT molecular complexity index is 786. The van der Waals surface area contributed by atoms with E-state index in [9.17, 15) is 4.79 Å². The molecule has 1 fully saturated rings. The van der Waals surface area contributed by atoms with E-state index in [2.05, 4.69) is 10.3 Å². The Morgan fingerprint density at radius 2 is 2.20 bits per heavy atom. The average Bonchev–Trinajstić information content (AvgIpc) is 2.69. The van der Waals surface area contributed by atoms with Crippen LogP contribution in [-0.2, 0) is 0 Å². The van der Waals surface area contributed by atoms with Crippen LogP contribution >= 0.6 is 35.6 Å². The number of hydrogen-bond donors (Lipinski definition) is 1. The first-order valence-corrected chi connectivity index (χ1v) is 7.45. The van der Waals surface area contributed by atoms with Crippen LogP contribution < -0.4 is 5.32 Å². The van der Waals surface area contributed by atoms with E-state index in [-0.39, 0.29) is 5.24 Å². The van der Waals surface area contributed by atoms with Crippen LogP contribution in [0, 0.1) is 6.92 Å². The molecule has 6 heteroatoms. The molecule has 100 valence electrons. The third-order valence-electron chi connectivity index (χ3n) is 2.88. The normalized spacial score (nSPS) is 17.0. The molecule has 1 saturated heterocycles. The van der Waals surface area contributed by atoms with E-state index in [1.807, 2.05) is 31.2 Å². The van der Waals surface area contributed by atoms with Crippen LogP contribution in [0.25, 0.3) is 17.0 Å². The molecule has 1 amide bonds. The number of aryl methyl sites for hydroxylation is 1. The highest BCUT2D eigenvalue weighted by molar-refractivity contribution is 8.19. The fourth-order valence-corrected chi connectivity index (χ4v) is 3.16. The summed E-state index contributed by atoms with van der Waals surface area (Å²) in [5, 5.41) is 3.81. The number of carbonyl (C=O) groups is 1. The molecule has 20 heavy (non-hydrogen) atoms. The Morgan fingerprint density at radius 1 is 1.40 bits per heavy atom. The van der Waals surface area contributed by atoms with Crippen molar-refractivity contribution in [3.8, 4) is 0 Å². The van der Waals surface area contributed by atoms with Crippen molar-refractivity contribution in [2.24, 2.45) is 0 Å². The summed E-state index contributed by atoms with van der Waals surface area (Å²) in [6.07, 6.45) is 1.79. The van der Waals surface area contributed by atoms with Crippen molar-refractivity contribution in [1.82, 2.24) is 10.3 Å². The Labute approximate surface area is 130 Å². The maximum Gasteiger partial charge on any atom is 0.289 e. The highest BCUT2D eigenvalue weighted by atomic mass is 35.5. The maximum atomic E-state index is 11.3. The number of thioether (sulfide) groups is 1. The number of carbonyl (C=O) groups excluding carboxylic acids is 1. The van der Waals surface area contributed by atoms with Gasteiger partial charge in [0.1, 0.15) is 10.1 Å². The molecule has 0 spiro atoms. The van der Waals surface area contributed by atoms with Gasteiger partial charge >= 0.3 is 0 Å². The largest absolute Gasteiger partial charge is 0.307 e. The van der Waals surface area contributed by atoms with Crippen LogP contribution in [0.1, 0.15) is 11.1 Å². The zero-order chi connectivity index (χ0) is 14.3. The number of nitrogens with one attached hydrogen (secondary N) is 1. The summed E-state index contributed by atoms with van der Waals surface area (Å²) in [4.78, 5) is 16.8. The van der Waals surface area contributed by atoms with Crippen molar-refractivity contribution in [2.75, 3.05) is 0 Å². The Hall–Kier alpha value is -1.43. The van der Waals surface area contributed by atoms with Gasteiger partial charge in [-0.3, -0.25) is 4.79 Å². The summed E-state index contributed by atoms with van der Waals surface area (Å²) in [6.45, 7) is 2.01. The minimum Gasteiger partial charge on any atom is -0.307 e. The first kappa shape index (κ1) is 13.5. The van der Waals surface area contributed by atoms with Crippen LogP contribution in [-0.4, -0.2) is 15.2 Å². The Kier molecular flexibility index (Phi) is 3.50. The quantitative estimate of drug-likeness (QED) is 0.482. The van der Waals surface area contributed by atoms with Crippen LogP contribution in [0.2, 0.25) is 5.15 Å². The highest BCUT2D eigenvalue weighted by Crippen LogP contribution is 2.30. The minimum absolute atomic E-state index is 0.165. The first-order chi connectivity index (χ1) is 9.52. The van der Waals surface area contributed by atoms with Crippen LogP contribution in [0.5, 0.6) is 0 Å². The third kappa shape index (κ3) is 2.57. The molecular formula is C14H9ClN2OS2. The van der Waals surface area contributed by atoms with Gasteiger partial charge in [0, 0.05) is 10.9 Å². The van der Waals surface area contributed by atoms with Gasteiger partial charge in [0.05, 0.1) is 10.4 Å². The number of thiocarbonyl (C=S) groups is 1. The smallest absolute Gasteiger partial charge is 0.289 e. The molecule has 2 heterocycles. The van der Waals surface area contributed by atoms with Crippen molar-refractivity contribution >= 4 is 62.8 Å². The lowest BCUT2D eigenvalue weighted by Gasteiger charge is -2.04. The molecule has 1 aromatic heterocycles. The monoisotopic (exact) mass is 320 g/mol. The van der Waals surface area contributed by atoms with Crippen molar-refractivity contribution in [1.29, 1.82) is 0 Å². The lowest BCUT2D eigenvalue weighted by atomic mass is 10.1. The van der Waals surface area contributed by atoms with E-state index in [4.69, 9.17) is 23.8 Å². The molecule has 1 aromatic carbocycles. The number of fused-ring (bicyclic) bond motifs is 1. The molecule has 1 aliphatic heterocycles. The van der Waals surface area contributed by atoms with Crippen molar-refractivity contribution in [3.63, 3.8) is 0 Å². The first-order valence-electron chi connectivity index (χ1n) is 5.85. The number of amides is 1. The molecule has 0 unspecified atom stereocenters. The molecule has 3 nitrogen and oxygen atoms in total. The fourth-order valence-electron chi connectivity index (χ4n) is 1.93. The summed E-state index contributed by atoms with van der Waals surface area (Å²) in [5.41, 5.74) is 2.74. The van der Waals surface area contributed by atoms with Crippen molar-refractivity contribution in [3.05, 3.63) is 45.5 Å². The van der Waals surface area contributed by atoms with Gasteiger partial charge in [0.2, 0.25) is 0 Å². The van der Waals surface area contributed by atoms with E-state index in [1.54, 1.807) is 6.08 Å². The van der Waals surface area contributed by atoms with Crippen molar-refractivity contribution in [2.45, 2.75) is 6.92 Å². The lowest BCUT2D eigenvalue weighted by Crippen LogP contribution is -2.15. The van der Waals surface area contributed by atoms with E-state index >= 15 is 0 Å². The van der Waals surface area contributed by atoms with Crippen LogP contribution in [0.15, 0.2) is 29.2 Å². The molecular weight excluding hydrogens is 312 g/mol. The fraction of sp³-hybridized carbons (Fsp3) is 0.0714. The van der Waals surface area contributed by atoms with E-state index in [1.165, 1.54) is 0 Å². The van der Waals surface area contributed by atoms with Gasteiger partial charge in [0.15, 0.2) is 0 Å². The number of hydrogen-bond acceptors (Lipinski definition) is 4. The molecule has 0 radical (unpaired) electrons. The molecule has 2 aromatic rings. The molecule has 0 aliphatic carbocycles. The standard InChI is InChI=1S/C14H9ClN2OS2/c1-7-2-3-8-5-9(12(15)16-10(8)4-7)6-11-13(19)17-14(18)20-11/h2-6H,1H3,(H,17,18,19). The van der Waals surface area contributed by atoms with E-state index in [0.29, 0.717) is 15.0 Å². The zero-order valence-corrected chi connectivity index (χ0v) is 12.8. The van der Waals surface area contributed by atoms with Gasteiger partial charge in [-0.15, -0.1) is 0 Å². The average molecular weight is 321 g/mol. The Balaban J connectivity index is 2.10. The molecule has 0 atom stereocenters. The molecule has 3 rings (SSSR count). The van der Waals surface area contributed by atoms with Gasteiger partial charge in [-0.1, -0.05) is 36.0 Å². The summed E-state index contributed by atoms with van der Waals surface area (Å²) < 4.78 is 0. The van der Waals surface area contributed by atoms with E-state index < -0.39 is 0 Å². The lowest BCUT2D eigenvalue weighted by molar-refractivity contribution is 0.265. The highest BCUT2D eigenvalue weighted by Gasteiger charge is 2.21. The number of halogens is 1. The number of pyridine rings is 1. The van der Waals surface area contributed by atoms with Crippen molar-refractivity contribution < 1.29 is 4.79 Å². The van der Waals surface area contributed by atoms with E-state index in [0.717, 1.165) is 33.8 Å². The number of aromatic nitrogens is 1. The summed E-state index contributed by atoms with van der Waals surface area (Å²) in [6, 6.07) is 7.95. The Morgan fingerprint density at radius 3 is 2.90 bits per heavy atom. The van der Waals surface area contributed by atoms with Gasteiger partial charge < -0.3 is 5.32 Å².